The third kappa shape index (κ3) is 2.06. The molecule has 0 radical (unpaired) electrons. The summed E-state index contributed by atoms with van der Waals surface area (Å²) in [5.41, 5.74) is 2.24. The van der Waals surface area contributed by atoms with Crippen LogP contribution < -0.4 is 10.6 Å². The molecule has 3 heterocycles. The number of nitrogens with one attached hydrogen (secondary N) is 2. The molecule has 1 aliphatic rings. The van der Waals surface area contributed by atoms with Crippen LogP contribution >= 0.6 is 0 Å². The van der Waals surface area contributed by atoms with Gasteiger partial charge in [0.2, 0.25) is 0 Å². The Hall–Kier alpha value is -1.62. The Morgan fingerprint density at radius 1 is 1.33 bits per heavy atom. The van der Waals surface area contributed by atoms with Gasteiger partial charge in [-0.1, -0.05) is 0 Å². The van der Waals surface area contributed by atoms with E-state index in [1.165, 1.54) is 5.56 Å². The summed E-state index contributed by atoms with van der Waals surface area (Å²) in [5.74, 6) is 1.03. The molecule has 18 heavy (non-hydrogen) atoms. The molecule has 0 spiro atoms. The summed E-state index contributed by atoms with van der Waals surface area (Å²) in [6.45, 7) is 6.50. The molecule has 0 atom stereocenters. The van der Waals surface area contributed by atoms with E-state index in [-0.39, 0.29) is 5.54 Å². The van der Waals surface area contributed by atoms with E-state index < -0.39 is 0 Å². The van der Waals surface area contributed by atoms with Gasteiger partial charge in [0.15, 0.2) is 5.65 Å². The van der Waals surface area contributed by atoms with Gasteiger partial charge < -0.3 is 10.6 Å². The Bertz CT molecular complexity index is 554. The molecular formula is C13H19N5. The van der Waals surface area contributed by atoms with Gasteiger partial charge in [-0.3, -0.25) is 0 Å². The number of nitrogens with zero attached hydrogens (tertiary/aromatic N) is 3. The smallest absolute Gasteiger partial charge is 0.157 e. The molecule has 1 aliphatic heterocycles. The first-order chi connectivity index (χ1) is 8.66. The maximum Gasteiger partial charge on any atom is 0.157 e. The molecule has 1 fully saturated rings. The first-order valence-electron chi connectivity index (χ1n) is 6.46. The van der Waals surface area contributed by atoms with Gasteiger partial charge in [0.25, 0.3) is 0 Å². The van der Waals surface area contributed by atoms with Crippen LogP contribution in [-0.2, 0) is 0 Å². The van der Waals surface area contributed by atoms with E-state index >= 15 is 0 Å². The lowest BCUT2D eigenvalue weighted by Gasteiger charge is -2.35. The molecule has 0 bridgehead atoms. The Labute approximate surface area is 107 Å². The van der Waals surface area contributed by atoms with E-state index in [0.717, 1.165) is 37.4 Å². The topological polar surface area (TPSA) is 54.2 Å². The van der Waals surface area contributed by atoms with Crippen molar-refractivity contribution in [2.24, 2.45) is 0 Å². The Balaban J connectivity index is 1.96. The van der Waals surface area contributed by atoms with Crippen LogP contribution in [0, 0.1) is 6.92 Å². The quantitative estimate of drug-likeness (QED) is 0.843. The number of piperidine rings is 1. The van der Waals surface area contributed by atoms with Gasteiger partial charge in [0.05, 0.1) is 0 Å². The fourth-order valence-corrected chi connectivity index (χ4v) is 2.56. The SMILES string of the molecule is Cc1cc(NC2(C)CCNCC2)n2ncnc2c1. The number of aryl methyl sites for hydroxylation is 1. The zero-order chi connectivity index (χ0) is 12.6. The van der Waals surface area contributed by atoms with E-state index in [4.69, 9.17) is 0 Å². The molecule has 5 heteroatoms. The van der Waals surface area contributed by atoms with E-state index in [2.05, 4.69) is 40.6 Å². The summed E-state index contributed by atoms with van der Waals surface area (Å²) >= 11 is 0. The average Bonchev–Trinajstić information content (AvgIpc) is 2.77. The predicted octanol–water partition coefficient (Wildman–Crippen LogP) is 1.59. The van der Waals surface area contributed by atoms with Gasteiger partial charge in [0, 0.05) is 5.54 Å². The molecule has 2 aromatic rings. The van der Waals surface area contributed by atoms with E-state index in [1.807, 2.05) is 10.6 Å². The van der Waals surface area contributed by atoms with Gasteiger partial charge in [0.1, 0.15) is 12.1 Å². The van der Waals surface area contributed by atoms with Crippen LogP contribution in [0.4, 0.5) is 5.82 Å². The highest BCUT2D eigenvalue weighted by atomic mass is 15.3. The van der Waals surface area contributed by atoms with Gasteiger partial charge in [-0.2, -0.15) is 9.61 Å². The number of rotatable bonds is 2. The van der Waals surface area contributed by atoms with Crippen LogP contribution in [0.5, 0.6) is 0 Å². The fourth-order valence-electron chi connectivity index (χ4n) is 2.56. The van der Waals surface area contributed by atoms with Gasteiger partial charge in [-0.15, -0.1) is 0 Å². The maximum absolute atomic E-state index is 4.28. The fraction of sp³-hybridized carbons (Fsp3) is 0.538. The van der Waals surface area contributed by atoms with Crippen molar-refractivity contribution in [2.45, 2.75) is 32.2 Å². The highest BCUT2D eigenvalue weighted by Crippen LogP contribution is 2.24. The van der Waals surface area contributed by atoms with Crippen LogP contribution in [-0.4, -0.2) is 33.2 Å². The number of hydrogen-bond acceptors (Lipinski definition) is 4. The summed E-state index contributed by atoms with van der Waals surface area (Å²) in [6.07, 6.45) is 3.85. The third-order valence-corrected chi connectivity index (χ3v) is 3.66. The lowest BCUT2D eigenvalue weighted by atomic mass is 9.90. The molecule has 2 N–H and O–H groups in total. The van der Waals surface area contributed by atoms with Crippen molar-refractivity contribution in [1.82, 2.24) is 19.9 Å². The first kappa shape index (κ1) is 11.5. The monoisotopic (exact) mass is 245 g/mol. The standard InChI is InChI=1S/C13H19N5/c1-10-7-11-15-9-16-18(11)12(8-10)17-13(2)3-5-14-6-4-13/h7-9,14,17H,3-6H2,1-2H3. The average molecular weight is 245 g/mol. The lowest BCUT2D eigenvalue weighted by molar-refractivity contribution is 0.363. The van der Waals surface area contributed by atoms with Crippen molar-refractivity contribution in [3.63, 3.8) is 0 Å². The number of hydrogen-bond donors (Lipinski definition) is 2. The largest absolute Gasteiger partial charge is 0.365 e. The lowest BCUT2D eigenvalue weighted by Crippen LogP contribution is -2.45. The summed E-state index contributed by atoms with van der Waals surface area (Å²) in [4.78, 5) is 4.26. The van der Waals surface area contributed by atoms with E-state index in [9.17, 15) is 0 Å². The zero-order valence-electron chi connectivity index (χ0n) is 10.9. The summed E-state index contributed by atoms with van der Waals surface area (Å²) in [6, 6.07) is 4.18. The van der Waals surface area contributed by atoms with Gasteiger partial charge in [-0.25, -0.2) is 4.98 Å². The van der Waals surface area contributed by atoms with Crippen LogP contribution in [0.3, 0.4) is 0 Å². The van der Waals surface area contributed by atoms with Crippen LogP contribution in [0.15, 0.2) is 18.5 Å². The van der Waals surface area contributed by atoms with Crippen molar-refractivity contribution < 1.29 is 0 Å². The van der Waals surface area contributed by atoms with Crippen LogP contribution in [0.2, 0.25) is 0 Å². The highest BCUT2D eigenvalue weighted by molar-refractivity contribution is 5.52. The second kappa shape index (κ2) is 4.24. The number of fused-ring (bicyclic) bond motifs is 1. The Morgan fingerprint density at radius 3 is 2.89 bits per heavy atom. The molecule has 2 aromatic heterocycles. The predicted molar refractivity (Wildman–Crippen MR) is 71.9 cm³/mol. The van der Waals surface area contributed by atoms with Crippen molar-refractivity contribution in [1.29, 1.82) is 0 Å². The minimum absolute atomic E-state index is 0.137. The minimum Gasteiger partial charge on any atom is -0.365 e. The van der Waals surface area contributed by atoms with Crippen molar-refractivity contribution in [2.75, 3.05) is 18.4 Å². The number of pyridine rings is 1. The summed E-state index contributed by atoms with van der Waals surface area (Å²) in [7, 11) is 0. The van der Waals surface area contributed by atoms with Crippen molar-refractivity contribution in [3.8, 4) is 0 Å². The Kier molecular flexibility index (Phi) is 2.70. The highest BCUT2D eigenvalue weighted by Gasteiger charge is 2.27. The molecule has 96 valence electrons. The number of aromatic nitrogens is 3. The maximum atomic E-state index is 4.28. The van der Waals surface area contributed by atoms with Crippen molar-refractivity contribution in [3.05, 3.63) is 24.0 Å². The van der Waals surface area contributed by atoms with Gasteiger partial charge in [-0.05, 0) is 57.5 Å². The first-order valence-corrected chi connectivity index (χ1v) is 6.46. The number of anilines is 1. The molecule has 0 unspecified atom stereocenters. The molecule has 3 rings (SSSR count). The van der Waals surface area contributed by atoms with Crippen LogP contribution in [0.1, 0.15) is 25.3 Å². The normalized spacial score (nSPS) is 19.0. The third-order valence-electron chi connectivity index (χ3n) is 3.66. The molecule has 0 amide bonds. The molecule has 5 nitrogen and oxygen atoms in total. The second-order valence-corrected chi connectivity index (χ2v) is 5.38. The summed E-state index contributed by atoms with van der Waals surface area (Å²) < 4.78 is 1.88. The van der Waals surface area contributed by atoms with Crippen molar-refractivity contribution >= 4 is 11.5 Å². The molecular weight excluding hydrogens is 226 g/mol. The Morgan fingerprint density at radius 2 is 2.11 bits per heavy atom. The van der Waals surface area contributed by atoms with E-state index in [0.29, 0.717) is 0 Å². The van der Waals surface area contributed by atoms with E-state index in [1.54, 1.807) is 6.33 Å². The molecule has 0 aliphatic carbocycles. The van der Waals surface area contributed by atoms with Crippen LogP contribution in [0.25, 0.3) is 5.65 Å². The second-order valence-electron chi connectivity index (χ2n) is 5.38. The van der Waals surface area contributed by atoms with Gasteiger partial charge >= 0.3 is 0 Å². The minimum atomic E-state index is 0.137. The molecule has 1 saturated heterocycles. The molecule has 0 aromatic carbocycles. The summed E-state index contributed by atoms with van der Waals surface area (Å²) in [5, 5.41) is 11.3. The zero-order valence-corrected chi connectivity index (χ0v) is 10.9. The molecule has 0 saturated carbocycles.